The molecule has 0 bridgehead atoms. The average molecular weight is 479 g/mol. The van der Waals surface area contributed by atoms with Crippen molar-refractivity contribution in [3.63, 3.8) is 0 Å². The highest BCUT2D eigenvalue weighted by Crippen LogP contribution is 2.25. The lowest BCUT2D eigenvalue weighted by atomic mass is 10.0. The molecule has 2 N–H and O–H groups in total. The Morgan fingerprint density at radius 1 is 0.743 bits per heavy atom. The van der Waals surface area contributed by atoms with Crippen LogP contribution in [-0.2, 0) is 4.74 Å². The molecule has 0 amide bonds. The summed E-state index contributed by atoms with van der Waals surface area (Å²) in [6.07, 6.45) is 6.95. The van der Waals surface area contributed by atoms with Gasteiger partial charge in [0.15, 0.2) is 5.78 Å². The zero-order valence-corrected chi connectivity index (χ0v) is 20.4. The highest BCUT2D eigenvalue weighted by atomic mass is 16.5. The van der Waals surface area contributed by atoms with Crippen molar-refractivity contribution in [1.82, 2.24) is 0 Å². The van der Waals surface area contributed by atoms with Crippen molar-refractivity contribution in [2.75, 3.05) is 13.7 Å². The number of phenolic OH excluding ortho intramolecular Hbond substituents is 2. The first kappa shape index (κ1) is 27.4. The van der Waals surface area contributed by atoms with Crippen LogP contribution in [0.4, 0.5) is 0 Å². The molecule has 0 atom stereocenters. The molecule has 6 nitrogen and oxygen atoms in total. The van der Waals surface area contributed by atoms with E-state index in [1.54, 1.807) is 54.6 Å². The number of ether oxygens (including phenoxy) is 2. The fraction of sp³-hybridized carbons (Fsp3) is 0.310. The number of aromatic hydroxyl groups is 2. The lowest BCUT2D eigenvalue weighted by molar-refractivity contribution is 0.0494. The molecule has 186 valence electrons. The van der Waals surface area contributed by atoms with Gasteiger partial charge in [-0.15, -0.1) is 0 Å². The molecule has 35 heavy (non-hydrogen) atoms. The van der Waals surface area contributed by atoms with E-state index >= 15 is 0 Å². The molecule has 3 aromatic rings. The summed E-state index contributed by atoms with van der Waals surface area (Å²) >= 11 is 0. The number of esters is 1. The Balaban J connectivity index is 0.000000247. The van der Waals surface area contributed by atoms with Gasteiger partial charge in [-0.2, -0.15) is 0 Å². The number of para-hydroxylation sites is 1. The zero-order chi connectivity index (χ0) is 25.5. The summed E-state index contributed by atoms with van der Waals surface area (Å²) in [7, 11) is 1.51. The van der Waals surface area contributed by atoms with E-state index in [1.807, 2.05) is 6.07 Å². The molecule has 6 heteroatoms. The van der Waals surface area contributed by atoms with E-state index in [0.717, 1.165) is 12.8 Å². The monoisotopic (exact) mass is 478 g/mol. The third-order valence-corrected chi connectivity index (χ3v) is 5.34. The average Bonchev–Trinajstić information content (AvgIpc) is 2.88. The molecular formula is C29H34O6. The van der Waals surface area contributed by atoms with Crippen molar-refractivity contribution in [2.45, 2.75) is 45.4 Å². The maximum Gasteiger partial charge on any atom is 0.341 e. The van der Waals surface area contributed by atoms with Gasteiger partial charge in [0.1, 0.15) is 22.8 Å². The molecule has 0 aliphatic rings. The predicted octanol–water partition coefficient (Wildman–Crippen LogP) is 6.54. The van der Waals surface area contributed by atoms with Gasteiger partial charge in [-0.25, -0.2) is 4.79 Å². The van der Waals surface area contributed by atoms with Crippen LogP contribution in [0.15, 0.2) is 72.8 Å². The maximum absolute atomic E-state index is 12.1. The predicted molar refractivity (Wildman–Crippen MR) is 136 cm³/mol. The molecule has 0 spiro atoms. The minimum Gasteiger partial charge on any atom is -0.507 e. The summed E-state index contributed by atoms with van der Waals surface area (Å²) < 4.78 is 10.1. The molecule has 0 radical (unpaired) electrons. The highest BCUT2D eigenvalue weighted by Gasteiger charge is 2.13. The second-order valence-electron chi connectivity index (χ2n) is 8.00. The van der Waals surface area contributed by atoms with Crippen LogP contribution in [0, 0.1) is 0 Å². The Morgan fingerprint density at radius 3 is 2.06 bits per heavy atom. The molecule has 0 heterocycles. The molecule has 3 rings (SSSR count). The van der Waals surface area contributed by atoms with Crippen LogP contribution >= 0.6 is 0 Å². The van der Waals surface area contributed by atoms with E-state index in [-0.39, 0.29) is 28.4 Å². The topological polar surface area (TPSA) is 93.1 Å². The van der Waals surface area contributed by atoms with Gasteiger partial charge in [0.05, 0.1) is 19.3 Å². The molecule has 0 saturated carbocycles. The Bertz CT molecular complexity index is 1060. The van der Waals surface area contributed by atoms with Crippen molar-refractivity contribution in [1.29, 1.82) is 0 Å². The third kappa shape index (κ3) is 9.16. The number of carbonyl (C=O) groups is 2. The maximum atomic E-state index is 12.1. The van der Waals surface area contributed by atoms with Crippen LogP contribution in [0.25, 0.3) is 0 Å². The van der Waals surface area contributed by atoms with Gasteiger partial charge in [0.25, 0.3) is 0 Å². The second-order valence-corrected chi connectivity index (χ2v) is 8.00. The Labute approximate surface area is 207 Å². The first-order valence-electron chi connectivity index (χ1n) is 11.9. The van der Waals surface area contributed by atoms with Gasteiger partial charge in [-0.1, -0.05) is 81.5 Å². The van der Waals surface area contributed by atoms with Crippen LogP contribution < -0.4 is 4.74 Å². The molecule has 0 fully saturated rings. The van der Waals surface area contributed by atoms with Crippen molar-refractivity contribution < 1.29 is 29.3 Å². The normalized spacial score (nSPS) is 10.1. The molecule has 0 aliphatic carbocycles. The van der Waals surface area contributed by atoms with Gasteiger partial charge >= 0.3 is 5.97 Å². The fourth-order valence-corrected chi connectivity index (χ4v) is 3.35. The van der Waals surface area contributed by atoms with Crippen molar-refractivity contribution >= 4 is 11.8 Å². The van der Waals surface area contributed by atoms with Gasteiger partial charge in [0.2, 0.25) is 0 Å². The van der Waals surface area contributed by atoms with Crippen LogP contribution in [-0.4, -0.2) is 35.7 Å². The van der Waals surface area contributed by atoms with E-state index in [4.69, 9.17) is 9.47 Å². The largest absolute Gasteiger partial charge is 0.507 e. The molecule has 0 aromatic heterocycles. The van der Waals surface area contributed by atoms with Gasteiger partial charge in [0, 0.05) is 11.6 Å². The standard InChI is InChI=1S/C15H22O3.C14H12O3/c1-2-3-4-5-6-9-12-18-15(17)13-10-7-8-11-14(13)16;1-17-11-7-8-12(13(15)9-11)14(16)10-5-3-2-4-6-10/h7-8,10-11,16H,2-6,9,12H2,1H3;2-9,15H,1H3. The lowest BCUT2D eigenvalue weighted by Gasteiger charge is -2.06. The summed E-state index contributed by atoms with van der Waals surface area (Å²) in [4.78, 5) is 23.7. The van der Waals surface area contributed by atoms with E-state index in [9.17, 15) is 19.8 Å². The van der Waals surface area contributed by atoms with Gasteiger partial charge < -0.3 is 19.7 Å². The van der Waals surface area contributed by atoms with Crippen LogP contribution in [0.1, 0.15) is 71.7 Å². The third-order valence-electron chi connectivity index (χ3n) is 5.34. The Morgan fingerprint density at radius 2 is 1.40 bits per heavy atom. The number of phenols is 2. The molecule has 0 unspecified atom stereocenters. The van der Waals surface area contributed by atoms with Crippen molar-refractivity contribution in [3.8, 4) is 17.2 Å². The number of ketones is 1. The highest BCUT2D eigenvalue weighted by molar-refractivity contribution is 6.10. The molecule has 0 saturated heterocycles. The zero-order valence-electron chi connectivity index (χ0n) is 20.4. The van der Waals surface area contributed by atoms with E-state index in [2.05, 4.69) is 6.92 Å². The molecular weight excluding hydrogens is 444 g/mol. The quantitative estimate of drug-likeness (QED) is 0.185. The number of hydrogen-bond acceptors (Lipinski definition) is 6. The summed E-state index contributed by atoms with van der Waals surface area (Å²) in [6, 6.07) is 19.9. The summed E-state index contributed by atoms with van der Waals surface area (Å²) in [5.41, 5.74) is 1.06. The number of unbranched alkanes of at least 4 members (excludes halogenated alkanes) is 5. The number of rotatable bonds is 11. The van der Waals surface area contributed by atoms with Crippen LogP contribution in [0.5, 0.6) is 17.2 Å². The van der Waals surface area contributed by atoms with E-state index in [0.29, 0.717) is 17.9 Å². The SMILES string of the molecule is CCCCCCCCOC(=O)c1ccccc1O.COc1ccc(C(=O)c2ccccc2)c(O)c1. The van der Waals surface area contributed by atoms with E-state index in [1.165, 1.54) is 44.9 Å². The Kier molecular flexibility index (Phi) is 11.9. The number of benzene rings is 3. The first-order valence-corrected chi connectivity index (χ1v) is 11.9. The lowest BCUT2D eigenvalue weighted by Crippen LogP contribution is -2.06. The minimum atomic E-state index is -0.443. The molecule has 3 aromatic carbocycles. The van der Waals surface area contributed by atoms with Crippen LogP contribution in [0.3, 0.4) is 0 Å². The number of hydrogen-bond donors (Lipinski definition) is 2. The first-order chi connectivity index (χ1) is 17.0. The van der Waals surface area contributed by atoms with Crippen molar-refractivity contribution in [2.24, 2.45) is 0 Å². The van der Waals surface area contributed by atoms with Gasteiger partial charge in [-0.3, -0.25) is 4.79 Å². The summed E-state index contributed by atoms with van der Waals surface area (Å²) in [5.74, 6) is -0.219. The Hall–Kier alpha value is -3.80. The smallest absolute Gasteiger partial charge is 0.341 e. The minimum absolute atomic E-state index is 0.0227. The molecule has 0 aliphatic heterocycles. The fourth-order valence-electron chi connectivity index (χ4n) is 3.35. The summed E-state index contributed by atoms with van der Waals surface area (Å²) in [6.45, 7) is 2.62. The van der Waals surface area contributed by atoms with Crippen molar-refractivity contribution in [3.05, 3.63) is 89.5 Å². The second kappa shape index (κ2) is 15.2. The van der Waals surface area contributed by atoms with Crippen LogP contribution in [0.2, 0.25) is 0 Å². The number of carbonyl (C=O) groups excluding carboxylic acids is 2. The van der Waals surface area contributed by atoms with Gasteiger partial charge in [-0.05, 0) is 30.7 Å². The number of methoxy groups -OCH3 is 1. The van der Waals surface area contributed by atoms with E-state index < -0.39 is 5.97 Å². The summed E-state index contributed by atoms with van der Waals surface area (Å²) in [5, 5.41) is 19.2.